The molecule has 0 atom stereocenters. The number of nitrogens with one attached hydrogen (secondary N) is 2. The van der Waals surface area contributed by atoms with Gasteiger partial charge in [0.1, 0.15) is 24.0 Å². The molecule has 10 nitrogen and oxygen atoms in total. The Morgan fingerprint density at radius 1 is 1.21 bits per heavy atom. The highest BCUT2D eigenvalue weighted by Gasteiger charge is 2.22. The first-order valence-electron chi connectivity index (χ1n) is 11.9. The van der Waals surface area contributed by atoms with E-state index in [1.807, 2.05) is 12.1 Å². The number of piperazine rings is 1. The molecule has 1 saturated heterocycles. The first kappa shape index (κ1) is 25.0. The van der Waals surface area contributed by atoms with E-state index < -0.39 is 17.4 Å². The van der Waals surface area contributed by atoms with E-state index >= 15 is 8.78 Å². The molecule has 4 heterocycles. The Kier molecular flexibility index (Phi) is 6.85. The number of fused-ring (bicyclic) bond motifs is 1. The fourth-order valence-electron chi connectivity index (χ4n) is 4.42. The van der Waals surface area contributed by atoms with Crippen LogP contribution in [0.4, 0.5) is 26.1 Å². The van der Waals surface area contributed by atoms with Gasteiger partial charge in [-0.05, 0) is 32.0 Å². The van der Waals surface area contributed by atoms with Crippen LogP contribution in [0.2, 0.25) is 0 Å². The van der Waals surface area contributed by atoms with Crippen LogP contribution in [-0.2, 0) is 11.3 Å². The lowest BCUT2D eigenvalue weighted by Crippen LogP contribution is -2.43. The smallest absolute Gasteiger partial charge is 0.242 e. The lowest BCUT2D eigenvalue weighted by molar-refractivity contribution is -0.117. The van der Waals surface area contributed by atoms with Gasteiger partial charge in [-0.25, -0.2) is 23.7 Å². The van der Waals surface area contributed by atoms with Crippen molar-refractivity contribution in [3.05, 3.63) is 59.7 Å². The van der Waals surface area contributed by atoms with Crippen LogP contribution in [0.1, 0.15) is 18.2 Å². The molecule has 12 heteroatoms. The third kappa shape index (κ3) is 4.83. The fourth-order valence-corrected chi connectivity index (χ4v) is 4.42. The van der Waals surface area contributed by atoms with Gasteiger partial charge in [0.25, 0.3) is 0 Å². The number of carbonyl (C=O) groups is 1. The molecule has 4 aromatic rings. The second-order valence-electron chi connectivity index (χ2n) is 8.89. The standard InChI is InChI=1S/C26H24F2N8O2/c1-15-9-18-23(28)21(10-20(27)24(18)36(15)13-16(2)37)38-26-19(11-29)25(32-14-33-26)34-22-4-3-17(12-31-22)35-7-5-30-6-8-35/h3-4,9-10,12,14,30H,5-8,13H2,1-2H3,(H,31,32,33,34). The van der Waals surface area contributed by atoms with Crippen molar-refractivity contribution in [3.8, 4) is 17.7 Å². The van der Waals surface area contributed by atoms with Gasteiger partial charge in [0, 0.05) is 43.3 Å². The number of nitrogens with zero attached hydrogens (tertiary/aromatic N) is 6. The number of carbonyl (C=O) groups excluding carboxylic acids is 1. The third-order valence-corrected chi connectivity index (χ3v) is 6.23. The largest absolute Gasteiger partial charge is 0.434 e. The zero-order valence-electron chi connectivity index (χ0n) is 20.8. The highest BCUT2D eigenvalue weighted by molar-refractivity contribution is 5.86. The van der Waals surface area contributed by atoms with Crippen molar-refractivity contribution in [3.63, 3.8) is 0 Å². The second-order valence-corrected chi connectivity index (χ2v) is 8.89. The van der Waals surface area contributed by atoms with Crippen LogP contribution >= 0.6 is 0 Å². The monoisotopic (exact) mass is 518 g/mol. The molecule has 2 N–H and O–H groups in total. The maximum Gasteiger partial charge on any atom is 0.242 e. The van der Waals surface area contributed by atoms with E-state index in [1.165, 1.54) is 17.6 Å². The molecule has 38 heavy (non-hydrogen) atoms. The molecule has 1 fully saturated rings. The molecule has 0 unspecified atom stereocenters. The summed E-state index contributed by atoms with van der Waals surface area (Å²) in [4.78, 5) is 26.3. The van der Waals surface area contributed by atoms with E-state index in [9.17, 15) is 10.1 Å². The van der Waals surface area contributed by atoms with Gasteiger partial charge in [-0.3, -0.25) is 4.79 Å². The number of anilines is 3. The van der Waals surface area contributed by atoms with Gasteiger partial charge in [0.05, 0.1) is 23.9 Å². The average molecular weight is 519 g/mol. The first-order chi connectivity index (χ1) is 18.4. The number of nitriles is 1. The van der Waals surface area contributed by atoms with E-state index in [4.69, 9.17) is 4.74 Å². The van der Waals surface area contributed by atoms with Crippen molar-refractivity contribution in [1.82, 2.24) is 24.8 Å². The van der Waals surface area contributed by atoms with Crippen molar-refractivity contribution < 1.29 is 18.3 Å². The van der Waals surface area contributed by atoms with E-state index in [1.54, 1.807) is 19.2 Å². The quantitative estimate of drug-likeness (QED) is 0.376. The van der Waals surface area contributed by atoms with Crippen LogP contribution in [0.25, 0.3) is 10.9 Å². The number of hydrogen-bond donors (Lipinski definition) is 2. The lowest BCUT2D eigenvalue weighted by Gasteiger charge is -2.29. The molecule has 1 aromatic carbocycles. The Labute approximate surface area is 216 Å². The normalized spacial score (nSPS) is 13.4. The summed E-state index contributed by atoms with van der Waals surface area (Å²) >= 11 is 0. The molecule has 0 aliphatic carbocycles. The molecule has 194 valence electrons. The van der Waals surface area contributed by atoms with E-state index in [-0.39, 0.29) is 40.5 Å². The van der Waals surface area contributed by atoms with Crippen LogP contribution in [0.5, 0.6) is 11.6 Å². The molecule has 1 aliphatic heterocycles. The van der Waals surface area contributed by atoms with Gasteiger partial charge in [0.15, 0.2) is 28.8 Å². The van der Waals surface area contributed by atoms with Crippen LogP contribution in [0.15, 0.2) is 36.8 Å². The summed E-state index contributed by atoms with van der Waals surface area (Å²) in [5.41, 5.74) is 1.35. The van der Waals surface area contributed by atoms with E-state index in [0.29, 0.717) is 11.5 Å². The maximum absolute atomic E-state index is 15.4. The Morgan fingerprint density at radius 2 is 2.00 bits per heavy atom. The number of halogens is 2. The number of ether oxygens (including phenoxy) is 1. The van der Waals surface area contributed by atoms with Gasteiger partial charge in [-0.15, -0.1) is 0 Å². The Balaban J connectivity index is 1.43. The summed E-state index contributed by atoms with van der Waals surface area (Å²) in [5.74, 6) is -1.97. The summed E-state index contributed by atoms with van der Waals surface area (Å²) in [6, 6.07) is 7.96. The van der Waals surface area contributed by atoms with Crippen LogP contribution in [0.3, 0.4) is 0 Å². The zero-order chi connectivity index (χ0) is 26.8. The molecule has 0 spiro atoms. The minimum atomic E-state index is -0.839. The summed E-state index contributed by atoms with van der Waals surface area (Å²) in [5, 5.41) is 16.0. The van der Waals surface area contributed by atoms with E-state index in [0.717, 1.165) is 44.3 Å². The minimum absolute atomic E-state index is 0.0385. The van der Waals surface area contributed by atoms with E-state index in [2.05, 4.69) is 30.5 Å². The molecular formula is C26H24F2N8O2. The molecular weight excluding hydrogens is 494 g/mol. The van der Waals surface area contributed by atoms with Crippen molar-refractivity contribution in [1.29, 1.82) is 5.26 Å². The van der Waals surface area contributed by atoms with Crippen LogP contribution in [-0.4, -0.2) is 51.5 Å². The third-order valence-electron chi connectivity index (χ3n) is 6.23. The molecule has 0 radical (unpaired) electrons. The van der Waals surface area contributed by atoms with Crippen LogP contribution in [0, 0.1) is 29.9 Å². The zero-order valence-corrected chi connectivity index (χ0v) is 20.8. The van der Waals surface area contributed by atoms with Gasteiger partial charge in [-0.1, -0.05) is 0 Å². The molecule has 0 amide bonds. The SMILES string of the molecule is CC(=O)Cn1c(C)cc2c(F)c(Oc3ncnc(Nc4ccc(N5CCNCC5)cn4)c3C#N)cc(F)c21. The number of aromatic nitrogens is 4. The number of rotatable bonds is 7. The van der Waals surface area contributed by atoms with Crippen molar-refractivity contribution in [2.24, 2.45) is 0 Å². The number of Topliss-reactive ketones (excluding diaryl/α,β-unsaturated/α-hetero) is 1. The van der Waals surface area contributed by atoms with Crippen molar-refractivity contribution in [2.75, 3.05) is 36.4 Å². The lowest BCUT2D eigenvalue weighted by atomic mass is 10.2. The van der Waals surface area contributed by atoms with Crippen LogP contribution < -0.4 is 20.3 Å². The number of aryl methyl sites for hydroxylation is 1. The van der Waals surface area contributed by atoms with Gasteiger partial charge < -0.3 is 24.8 Å². The van der Waals surface area contributed by atoms with Gasteiger partial charge in [-0.2, -0.15) is 5.26 Å². The number of pyridine rings is 1. The number of hydrogen-bond acceptors (Lipinski definition) is 9. The maximum atomic E-state index is 15.4. The van der Waals surface area contributed by atoms with Crippen molar-refractivity contribution in [2.45, 2.75) is 20.4 Å². The first-order valence-corrected chi connectivity index (χ1v) is 11.9. The fraction of sp³-hybridized carbons (Fsp3) is 0.269. The van der Waals surface area contributed by atoms with Crippen molar-refractivity contribution >= 4 is 34.0 Å². The summed E-state index contributed by atoms with van der Waals surface area (Å²) in [6.45, 7) is 6.50. The minimum Gasteiger partial charge on any atom is -0.434 e. The second kappa shape index (κ2) is 10.4. The highest BCUT2D eigenvalue weighted by Crippen LogP contribution is 2.35. The summed E-state index contributed by atoms with van der Waals surface area (Å²) in [7, 11) is 0. The topological polar surface area (TPSA) is 121 Å². The predicted molar refractivity (Wildman–Crippen MR) is 137 cm³/mol. The predicted octanol–water partition coefficient (Wildman–Crippen LogP) is 3.82. The van der Waals surface area contributed by atoms with Gasteiger partial charge in [0.2, 0.25) is 5.88 Å². The summed E-state index contributed by atoms with van der Waals surface area (Å²) in [6.07, 6.45) is 2.87. The Morgan fingerprint density at radius 3 is 2.68 bits per heavy atom. The van der Waals surface area contributed by atoms with Gasteiger partial charge >= 0.3 is 0 Å². The average Bonchev–Trinajstić information content (AvgIpc) is 3.24. The molecule has 0 saturated carbocycles. The Bertz CT molecular complexity index is 1560. The number of ketones is 1. The molecule has 5 rings (SSSR count). The highest BCUT2D eigenvalue weighted by atomic mass is 19.1. The Hall–Kier alpha value is -4.63. The molecule has 1 aliphatic rings. The number of benzene rings is 1. The molecule has 0 bridgehead atoms. The summed E-state index contributed by atoms with van der Waals surface area (Å²) < 4.78 is 37.5. The molecule has 3 aromatic heterocycles.